The van der Waals surface area contributed by atoms with Gasteiger partial charge in [-0.25, -0.2) is 9.78 Å². The number of benzene rings is 1. The maximum absolute atomic E-state index is 12.2. The van der Waals surface area contributed by atoms with E-state index < -0.39 is 0 Å². The Morgan fingerprint density at radius 3 is 2.96 bits per heavy atom. The molecule has 2 N–H and O–H groups in total. The predicted octanol–water partition coefficient (Wildman–Crippen LogP) is 3.92. The molecule has 2 amide bonds. The Labute approximate surface area is 140 Å². The van der Waals surface area contributed by atoms with Crippen molar-refractivity contribution in [3.05, 3.63) is 29.3 Å². The third-order valence-electron chi connectivity index (χ3n) is 5.53. The van der Waals surface area contributed by atoms with Crippen molar-refractivity contribution in [3.8, 4) is 0 Å². The highest BCUT2D eigenvalue weighted by Crippen LogP contribution is 2.49. The lowest BCUT2D eigenvalue weighted by molar-refractivity contribution is 0.220. The third kappa shape index (κ3) is 3.07. The van der Waals surface area contributed by atoms with Gasteiger partial charge < -0.3 is 10.6 Å². The number of hydrogen-bond acceptors (Lipinski definition) is 3. The van der Waals surface area contributed by atoms with Crippen molar-refractivity contribution in [2.45, 2.75) is 45.2 Å². The summed E-state index contributed by atoms with van der Waals surface area (Å²) >= 11 is 1.64. The number of amides is 2. The molecular weight excluding hydrogens is 306 g/mol. The summed E-state index contributed by atoms with van der Waals surface area (Å²) in [4.78, 5) is 16.7. The third-order valence-corrected chi connectivity index (χ3v) is 6.57. The van der Waals surface area contributed by atoms with E-state index in [2.05, 4.69) is 28.6 Å². The molecule has 2 bridgehead atoms. The average molecular weight is 329 g/mol. The standard InChI is InChI=1S/C18H23N3OS/c1-11(14-9-12-6-7-13(14)8-12)20-18(22)19-10-17-21-15-4-2-3-5-16(15)23-17/h2-5,11-14H,6-10H2,1H3,(H2,19,20,22). The van der Waals surface area contributed by atoms with Crippen LogP contribution in [-0.4, -0.2) is 17.1 Å². The number of fused-ring (bicyclic) bond motifs is 3. The van der Waals surface area contributed by atoms with E-state index >= 15 is 0 Å². The molecule has 4 rings (SSSR count). The number of carbonyl (C=O) groups is 1. The highest BCUT2D eigenvalue weighted by atomic mass is 32.1. The lowest BCUT2D eigenvalue weighted by atomic mass is 9.84. The van der Waals surface area contributed by atoms with Crippen LogP contribution in [0, 0.1) is 17.8 Å². The first kappa shape index (κ1) is 14.9. The molecule has 2 aliphatic rings. The van der Waals surface area contributed by atoms with E-state index in [0.717, 1.165) is 22.4 Å². The highest BCUT2D eigenvalue weighted by Gasteiger charge is 2.42. The molecule has 0 spiro atoms. The smallest absolute Gasteiger partial charge is 0.315 e. The number of urea groups is 1. The number of para-hydroxylation sites is 1. The Balaban J connectivity index is 1.30. The van der Waals surface area contributed by atoms with Crippen LogP contribution in [0.5, 0.6) is 0 Å². The van der Waals surface area contributed by atoms with E-state index in [-0.39, 0.29) is 12.1 Å². The molecule has 2 saturated carbocycles. The summed E-state index contributed by atoms with van der Waals surface area (Å²) in [5.41, 5.74) is 1.00. The van der Waals surface area contributed by atoms with E-state index in [0.29, 0.717) is 12.5 Å². The molecule has 2 aliphatic carbocycles. The molecule has 4 atom stereocenters. The molecular formula is C18H23N3OS. The average Bonchev–Trinajstić information content (AvgIpc) is 3.26. The zero-order valence-corrected chi connectivity index (χ0v) is 14.2. The monoisotopic (exact) mass is 329 g/mol. The Morgan fingerprint density at radius 2 is 2.22 bits per heavy atom. The number of thiazole rings is 1. The zero-order chi connectivity index (χ0) is 15.8. The molecule has 23 heavy (non-hydrogen) atoms. The Morgan fingerprint density at radius 1 is 1.35 bits per heavy atom. The second-order valence-corrected chi connectivity index (χ2v) is 8.14. The summed E-state index contributed by atoms with van der Waals surface area (Å²) in [6.07, 6.45) is 5.43. The van der Waals surface area contributed by atoms with E-state index in [1.807, 2.05) is 18.2 Å². The summed E-state index contributed by atoms with van der Waals surface area (Å²) in [5, 5.41) is 7.05. The topological polar surface area (TPSA) is 54.0 Å². The first-order valence-corrected chi connectivity index (χ1v) is 9.39. The first-order valence-electron chi connectivity index (χ1n) is 8.58. The predicted molar refractivity (Wildman–Crippen MR) is 93.4 cm³/mol. The van der Waals surface area contributed by atoms with Crippen LogP contribution in [0.4, 0.5) is 4.79 Å². The van der Waals surface area contributed by atoms with Gasteiger partial charge in [-0.1, -0.05) is 18.6 Å². The van der Waals surface area contributed by atoms with Crippen molar-refractivity contribution in [2.24, 2.45) is 17.8 Å². The fraction of sp³-hybridized carbons (Fsp3) is 0.556. The summed E-state index contributed by atoms with van der Waals surface area (Å²) < 4.78 is 1.17. The van der Waals surface area contributed by atoms with Crippen LogP contribution in [0.1, 0.15) is 37.6 Å². The second-order valence-electron chi connectivity index (χ2n) is 7.03. The summed E-state index contributed by atoms with van der Waals surface area (Å²) in [6.45, 7) is 2.65. The van der Waals surface area contributed by atoms with E-state index in [4.69, 9.17) is 0 Å². The van der Waals surface area contributed by atoms with Gasteiger partial charge in [-0.15, -0.1) is 11.3 Å². The van der Waals surface area contributed by atoms with Crippen molar-refractivity contribution >= 4 is 27.6 Å². The number of aromatic nitrogens is 1. The molecule has 5 heteroatoms. The van der Waals surface area contributed by atoms with Crippen LogP contribution in [0.15, 0.2) is 24.3 Å². The van der Waals surface area contributed by atoms with Crippen molar-refractivity contribution in [3.63, 3.8) is 0 Å². The van der Waals surface area contributed by atoms with Crippen molar-refractivity contribution in [1.82, 2.24) is 15.6 Å². The number of nitrogens with zero attached hydrogens (tertiary/aromatic N) is 1. The summed E-state index contributed by atoms with van der Waals surface area (Å²) in [6, 6.07) is 8.27. The molecule has 1 heterocycles. The SMILES string of the molecule is CC(NC(=O)NCc1nc2ccccc2s1)C1CC2CCC1C2. The minimum Gasteiger partial charge on any atom is -0.335 e. The molecule has 2 aromatic rings. The van der Waals surface area contributed by atoms with Gasteiger partial charge in [-0.05, 0) is 56.1 Å². The molecule has 0 aliphatic heterocycles. The molecule has 1 aromatic carbocycles. The molecule has 0 saturated heterocycles. The van der Waals surface area contributed by atoms with Gasteiger partial charge in [-0.3, -0.25) is 0 Å². The van der Waals surface area contributed by atoms with Crippen molar-refractivity contribution in [1.29, 1.82) is 0 Å². The Bertz CT molecular complexity index is 680. The second kappa shape index (κ2) is 6.11. The van der Waals surface area contributed by atoms with Gasteiger partial charge in [0, 0.05) is 6.04 Å². The summed E-state index contributed by atoms with van der Waals surface area (Å²) in [5.74, 6) is 2.42. The first-order chi connectivity index (χ1) is 11.2. The maximum atomic E-state index is 12.2. The van der Waals surface area contributed by atoms with Crippen LogP contribution < -0.4 is 10.6 Å². The van der Waals surface area contributed by atoms with Gasteiger partial charge in [-0.2, -0.15) is 0 Å². The molecule has 122 valence electrons. The van der Waals surface area contributed by atoms with Crippen molar-refractivity contribution in [2.75, 3.05) is 0 Å². The molecule has 0 radical (unpaired) electrons. The van der Waals surface area contributed by atoms with E-state index in [1.54, 1.807) is 11.3 Å². The van der Waals surface area contributed by atoms with Gasteiger partial charge in [0.1, 0.15) is 5.01 Å². The van der Waals surface area contributed by atoms with Gasteiger partial charge in [0.25, 0.3) is 0 Å². The highest BCUT2D eigenvalue weighted by molar-refractivity contribution is 7.18. The number of carbonyl (C=O) groups excluding carboxylic acids is 1. The largest absolute Gasteiger partial charge is 0.335 e. The molecule has 1 aromatic heterocycles. The van der Waals surface area contributed by atoms with E-state index in [9.17, 15) is 4.79 Å². The minimum atomic E-state index is -0.0699. The fourth-order valence-corrected chi connectivity index (χ4v) is 5.33. The Hall–Kier alpha value is -1.62. The summed E-state index contributed by atoms with van der Waals surface area (Å²) in [7, 11) is 0. The van der Waals surface area contributed by atoms with Crippen LogP contribution >= 0.6 is 11.3 Å². The number of hydrogen-bond donors (Lipinski definition) is 2. The van der Waals surface area contributed by atoms with Gasteiger partial charge in [0.2, 0.25) is 0 Å². The lowest BCUT2D eigenvalue weighted by Crippen LogP contribution is -2.45. The van der Waals surface area contributed by atoms with Crippen molar-refractivity contribution < 1.29 is 4.79 Å². The van der Waals surface area contributed by atoms with Crippen LogP contribution in [0.2, 0.25) is 0 Å². The van der Waals surface area contributed by atoms with Gasteiger partial charge in [0.05, 0.1) is 16.8 Å². The maximum Gasteiger partial charge on any atom is 0.315 e. The van der Waals surface area contributed by atoms with Crippen LogP contribution in [0.25, 0.3) is 10.2 Å². The molecule has 4 unspecified atom stereocenters. The Kier molecular flexibility index (Phi) is 3.97. The van der Waals surface area contributed by atoms with Crippen LogP contribution in [-0.2, 0) is 6.54 Å². The fourth-order valence-electron chi connectivity index (χ4n) is 4.42. The minimum absolute atomic E-state index is 0.0699. The van der Waals surface area contributed by atoms with Gasteiger partial charge >= 0.3 is 6.03 Å². The van der Waals surface area contributed by atoms with Gasteiger partial charge in [0.15, 0.2) is 0 Å². The van der Waals surface area contributed by atoms with Crippen LogP contribution in [0.3, 0.4) is 0 Å². The molecule has 2 fully saturated rings. The quantitative estimate of drug-likeness (QED) is 0.893. The zero-order valence-electron chi connectivity index (χ0n) is 13.4. The lowest BCUT2D eigenvalue weighted by Gasteiger charge is -2.28. The molecule has 4 nitrogen and oxygen atoms in total. The van der Waals surface area contributed by atoms with E-state index in [1.165, 1.54) is 30.4 Å². The normalized spacial score (nSPS) is 27.3. The number of rotatable bonds is 4. The number of nitrogens with one attached hydrogen (secondary N) is 2.